The number of sulfone groups is 1. The van der Waals surface area contributed by atoms with Crippen LogP contribution in [0.25, 0.3) is 43.8 Å². The van der Waals surface area contributed by atoms with E-state index in [0.29, 0.717) is 20.9 Å². The largest absolute Gasteiger partial charge is 0.218 e. The molecular weight excluding hydrogens is 448 g/mol. The van der Waals surface area contributed by atoms with Gasteiger partial charge in [-0.25, -0.2) is 8.42 Å². The van der Waals surface area contributed by atoms with E-state index in [-0.39, 0.29) is 0 Å². The molecule has 0 atom stereocenters. The van der Waals surface area contributed by atoms with Gasteiger partial charge in [0.2, 0.25) is 9.84 Å². The molecule has 6 aromatic rings. The molecule has 0 amide bonds. The molecule has 2 nitrogen and oxygen atoms in total. The summed E-state index contributed by atoms with van der Waals surface area (Å²) in [6.07, 6.45) is 0. The Labute approximate surface area is 205 Å². The Balaban J connectivity index is 1.60. The molecule has 0 aliphatic heterocycles. The van der Waals surface area contributed by atoms with E-state index in [1.165, 1.54) is 0 Å². The molecule has 6 aromatic carbocycles. The van der Waals surface area contributed by atoms with E-state index < -0.39 is 9.84 Å². The van der Waals surface area contributed by atoms with Gasteiger partial charge in [-0.1, -0.05) is 121 Å². The zero-order valence-electron chi connectivity index (χ0n) is 18.9. The van der Waals surface area contributed by atoms with Crippen LogP contribution in [0, 0.1) is 0 Å². The van der Waals surface area contributed by atoms with Crippen molar-refractivity contribution in [1.82, 2.24) is 0 Å². The summed E-state index contributed by atoms with van der Waals surface area (Å²) in [6, 6.07) is 42.8. The number of hydrogen-bond acceptors (Lipinski definition) is 2. The molecule has 0 saturated carbocycles. The molecule has 168 valence electrons. The molecule has 0 aliphatic rings. The Morgan fingerprint density at radius 1 is 0.343 bits per heavy atom. The van der Waals surface area contributed by atoms with Crippen molar-refractivity contribution in [2.75, 3.05) is 0 Å². The third-order valence-electron chi connectivity index (χ3n) is 6.51. The van der Waals surface area contributed by atoms with Gasteiger partial charge in [0, 0.05) is 11.1 Å². The summed E-state index contributed by atoms with van der Waals surface area (Å²) in [6.45, 7) is 0. The van der Waals surface area contributed by atoms with Crippen molar-refractivity contribution in [3.8, 4) is 22.3 Å². The molecule has 0 N–H and O–H groups in total. The van der Waals surface area contributed by atoms with Crippen LogP contribution in [0.15, 0.2) is 143 Å². The van der Waals surface area contributed by atoms with Crippen molar-refractivity contribution in [3.05, 3.63) is 133 Å². The Bertz CT molecular complexity index is 1680. The fourth-order valence-electron chi connectivity index (χ4n) is 4.89. The second kappa shape index (κ2) is 8.53. The Hall–Kier alpha value is -4.21. The maximum Gasteiger partial charge on any atom is 0.207 e. The lowest BCUT2D eigenvalue weighted by molar-refractivity contribution is 0.596. The summed E-state index contributed by atoms with van der Waals surface area (Å²) in [7, 11) is -3.83. The lowest BCUT2D eigenvalue weighted by Crippen LogP contribution is -2.06. The Kier molecular flexibility index (Phi) is 5.20. The van der Waals surface area contributed by atoms with Gasteiger partial charge in [0.25, 0.3) is 0 Å². The minimum Gasteiger partial charge on any atom is -0.218 e. The second-order valence-electron chi connectivity index (χ2n) is 8.55. The van der Waals surface area contributed by atoms with Gasteiger partial charge in [0.1, 0.15) is 0 Å². The van der Waals surface area contributed by atoms with Crippen LogP contribution in [0.2, 0.25) is 0 Å². The quantitative estimate of drug-likeness (QED) is 0.260. The van der Waals surface area contributed by atoms with E-state index in [9.17, 15) is 8.42 Å². The third-order valence-corrected chi connectivity index (χ3v) is 8.38. The van der Waals surface area contributed by atoms with Crippen LogP contribution in [-0.2, 0) is 9.84 Å². The molecule has 0 bridgehead atoms. The molecule has 0 heterocycles. The average Bonchev–Trinajstić information content (AvgIpc) is 2.92. The van der Waals surface area contributed by atoms with Crippen LogP contribution in [-0.4, -0.2) is 8.42 Å². The SMILES string of the molecule is O=S(=O)(c1ccccc1-c1cccc2ccccc12)c1ccccc1-c1cccc2ccccc12. The topological polar surface area (TPSA) is 34.1 Å². The van der Waals surface area contributed by atoms with E-state index in [1.807, 2.05) is 109 Å². The molecule has 0 fully saturated rings. The molecular formula is C32H22O2S. The van der Waals surface area contributed by atoms with Crippen LogP contribution in [0.3, 0.4) is 0 Å². The number of hydrogen-bond donors (Lipinski definition) is 0. The van der Waals surface area contributed by atoms with E-state index in [2.05, 4.69) is 0 Å². The normalized spacial score (nSPS) is 11.7. The van der Waals surface area contributed by atoms with E-state index in [4.69, 9.17) is 0 Å². The van der Waals surface area contributed by atoms with Crippen molar-refractivity contribution in [2.24, 2.45) is 0 Å². The van der Waals surface area contributed by atoms with Gasteiger partial charge in [-0.2, -0.15) is 0 Å². The fraction of sp³-hybridized carbons (Fsp3) is 0. The second-order valence-corrected chi connectivity index (χ2v) is 10.4. The molecule has 0 unspecified atom stereocenters. The first-order valence-electron chi connectivity index (χ1n) is 11.5. The van der Waals surface area contributed by atoms with Gasteiger partial charge in [-0.3, -0.25) is 0 Å². The van der Waals surface area contributed by atoms with Gasteiger partial charge in [0.05, 0.1) is 9.79 Å². The van der Waals surface area contributed by atoms with Gasteiger partial charge in [0.15, 0.2) is 0 Å². The van der Waals surface area contributed by atoms with Crippen molar-refractivity contribution >= 4 is 31.4 Å². The molecule has 35 heavy (non-hydrogen) atoms. The zero-order chi connectivity index (χ0) is 23.8. The molecule has 0 aliphatic carbocycles. The van der Waals surface area contributed by atoms with Crippen molar-refractivity contribution in [2.45, 2.75) is 9.79 Å². The Morgan fingerprint density at radius 3 is 1.17 bits per heavy atom. The predicted octanol–water partition coefficient (Wildman–Crippen LogP) is 8.16. The number of benzene rings is 6. The van der Waals surface area contributed by atoms with Crippen molar-refractivity contribution in [3.63, 3.8) is 0 Å². The third kappa shape index (κ3) is 3.61. The predicted molar refractivity (Wildman–Crippen MR) is 144 cm³/mol. The smallest absolute Gasteiger partial charge is 0.207 e. The van der Waals surface area contributed by atoms with Crippen molar-refractivity contribution in [1.29, 1.82) is 0 Å². The van der Waals surface area contributed by atoms with E-state index >= 15 is 0 Å². The molecule has 0 aromatic heterocycles. The summed E-state index contributed by atoms with van der Waals surface area (Å²) in [4.78, 5) is 0.619. The maximum absolute atomic E-state index is 14.3. The number of fused-ring (bicyclic) bond motifs is 2. The lowest BCUT2D eigenvalue weighted by Gasteiger charge is -2.16. The highest BCUT2D eigenvalue weighted by Crippen LogP contribution is 2.39. The van der Waals surface area contributed by atoms with Crippen LogP contribution in [0.4, 0.5) is 0 Å². The molecule has 6 rings (SSSR count). The monoisotopic (exact) mass is 470 g/mol. The minimum absolute atomic E-state index is 0.309. The summed E-state index contributed by atoms with van der Waals surface area (Å²) < 4.78 is 28.6. The highest BCUT2D eigenvalue weighted by Gasteiger charge is 2.26. The molecule has 0 saturated heterocycles. The first-order valence-corrected chi connectivity index (χ1v) is 13.0. The van der Waals surface area contributed by atoms with Gasteiger partial charge < -0.3 is 0 Å². The summed E-state index contributed by atoms with van der Waals surface area (Å²) >= 11 is 0. The van der Waals surface area contributed by atoms with Crippen LogP contribution in [0.1, 0.15) is 0 Å². The van der Waals surface area contributed by atoms with Crippen LogP contribution in [0.5, 0.6) is 0 Å². The van der Waals surface area contributed by atoms with E-state index in [1.54, 1.807) is 24.3 Å². The zero-order valence-corrected chi connectivity index (χ0v) is 19.7. The maximum atomic E-state index is 14.3. The minimum atomic E-state index is -3.83. The van der Waals surface area contributed by atoms with Gasteiger partial charge >= 0.3 is 0 Å². The summed E-state index contributed by atoms with van der Waals surface area (Å²) in [5.41, 5.74) is 3.23. The first kappa shape index (κ1) is 21.3. The number of rotatable bonds is 4. The van der Waals surface area contributed by atoms with Gasteiger partial charge in [-0.15, -0.1) is 0 Å². The summed E-state index contributed by atoms with van der Waals surface area (Å²) in [5, 5.41) is 4.21. The fourth-order valence-corrected chi connectivity index (χ4v) is 6.57. The van der Waals surface area contributed by atoms with Crippen molar-refractivity contribution < 1.29 is 8.42 Å². The highest BCUT2D eigenvalue weighted by atomic mass is 32.2. The molecule has 0 radical (unpaired) electrons. The summed E-state index contributed by atoms with van der Waals surface area (Å²) in [5.74, 6) is 0. The lowest BCUT2D eigenvalue weighted by atomic mass is 9.98. The van der Waals surface area contributed by atoms with Gasteiger partial charge in [-0.05, 0) is 44.8 Å². The average molecular weight is 471 g/mol. The first-order chi connectivity index (χ1) is 17.1. The molecule has 3 heteroatoms. The standard InChI is InChI=1S/C32H22O2S/c33-35(34,31-21-7-5-17-29(31)27-19-9-13-23-11-1-3-15-25(23)27)32-22-8-6-18-30(32)28-20-10-14-24-12-2-4-16-26(24)28/h1-22H. The highest BCUT2D eigenvalue weighted by molar-refractivity contribution is 7.91. The molecule has 0 spiro atoms. The van der Waals surface area contributed by atoms with Crippen LogP contribution < -0.4 is 0 Å². The Morgan fingerprint density at radius 2 is 0.686 bits per heavy atom. The van der Waals surface area contributed by atoms with Crippen LogP contribution >= 0.6 is 0 Å². The van der Waals surface area contributed by atoms with E-state index in [0.717, 1.165) is 32.7 Å².